The predicted octanol–water partition coefficient (Wildman–Crippen LogP) is 1.28. The second kappa shape index (κ2) is 6.87. The fraction of sp³-hybridized carbons (Fsp3) is 0.364. The predicted molar refractivity (Wildman–Crippen MR) is 78.3 cm³/mol. The third kappa shape index (κ3) is 3.93. The molecule has 0 fully saturated rings. The summed E-state index contributed by atoms with van der Waals surface area (Å²) in [5.41, 5.74) is -1.08. The number of carboxylic acids is 1. The number of nitro groups is 1. The van der Waals surface area contributed by atoms with Crippen LogP contribution in [0.3, 0.4) is 0 Å². The molecule has 0 aliphatic rings. The molecule has 8 nitrogen and oxygen atoms in total. The summed E-state index contributed by atoms with van der Waals surface area (Å²) in [4.78, 5) is 20.6. The Morgan fingerprint density at radius 1 is 1.48 bits per heavy atom. The van der Waals surface area contributed by atoms with E-state index in [1.165, 1.54) is 18.8 Å². The summed E-state index contributed by atoms with van der Waals surface area (Å²) in [6.45, 7) is 0.208. The van der Waals surface area contributed by atoms with E-state index in [0.717, 1.165) is 22.5 Å². The van der Waals surface area contributed by atoms with Crippen LogP contribution in [0.15, 0.2) is 23.1 Å². The Balaban J connectivity index is 3.35. The molecule has 0 heterocycles. The summed E-state index contributed by atoms with van der Waals surface area (Å²) in [5, 5.41) is 19.7. The average molecular weight is 334 g/mol. The van der Waals surface area contributed by atoms with Crippen molar-refractivity contribution in [1.29, 1.82) is 0 Å². The largest absolute Gasteiger partial charge is 0.478 e. The summed E-state index contributed by atoms with van der Waals surface area (Å²) in [6.07, 6.45) is 1.81. The number of carboxylic acid groups (broad SMARTS) is 1. The van der Waals surface area contributed by atoms with Gasteiger partial charge in [0.2, 0.25) is 10.0 Å². The highest BCUT2D eigenvalue weighted by atomic mass is 32.2. The lowest BCUT2D eigenvalue weighted by atomic mass is 10.2. The Morgan fingerprint density at radius 2 is 2.10 bits per heavy atom. The van der Waals surface area contributed by atoms with E-state index in [9.17, 15) is 23.3 Å². The fourth-order valence-corrected chi connectivity index (χ4v) is 3.44. The summed E-state index contributed by atoms with van der Waals surface area (Å²) in [6, 6.07) is 2.67. The number of hydrogen-bond acceptors (Lipinski definition) is 6. The summed E-state index contributed by atoms with van der Waals surface area (Å²) in [7, 11) is -2.68. The fourth-order valence-electron chi connectivity index (χ4n) is 1.53. The van der Waals surface area contributed by atoms with Crippen LogP contribution in [0.1, 0.15) is 10.4 Å². The van der Waals surface area contributed by atoms with E-state index in [4.69, 9.17) is 5.11 Å². The molecule has 0 saturated heterocycles. The summed E-state index contributed by atoms with van der Waals surface area (Å²) >= 11 is 1.45. The minimum Gasteiger partial charge on any atom is -0.478 e. The number of non-ortho nitro benzene ring substituents is 1. The van der Waals surface area contributed by atoms with Crippen LogP contribution in [0.5, 0.6) is 0 Å². The third-order valence-corrected chi connectivity index (χ3v) is 5.21. The van der Waals surface area contributed by atoms with Gasteiger partial charge in [0.1, 0.15) is 0 Å². The number of sulfonamides is 1. The first-order valence-electron chi connectivity index (χ1n) is 5.68. The van der Waals surface area contributed by atoms with E-state index in [2.05, 4.69) is 0 Å². The van der Waals surface area contributed by atoms with E-state index in [1.54, 1.807) is 0 Å². The smallest absolute Gasteiger partial charge is 0.337 e. The van der Waals surface area contributed by atoms with Gasteiger partial charge in [-0.25, -0.2) is 17.5 Å². The standard InChI is InChI=1S/C11H14N2O6S2/c1-12(5-6-20-2)21(18,19)10-4-3-8(13(16)17)7-9(10)11(14)15/h3-4,7H,5-6H2,1-2H3,(H,14,15). The number of nitrogens with zero attached hydrogens (tertiary/aromatic N) is 2. The first-order valence-corrected chi connectivity index (χ1v) is 8.52. The van der Waals surface area contributed by atoms with Crippen LogP contribution >= 0.6 is 11.8 Å². The van der Waals surface area contributed by atoms with Gasteiger partial charge in [-0.05, 0) is 12.3 Å². The van der Waals surface area contributed by atoms with Gasteiger partial charge >= 0.3 is 5.97 Å². The Labute approximate surface area is 126 Å². The molecular formula is C11H14N2O6S2. The molecule has 0 radical (unpaired) electrons. The van der Waals surface area contributed by atoms with Gasteiger partial charge in [-0.3, -0.25) is 10.1 Å². The summed E-state index contributed by atoms with van der Waals surface area (Å²) in [5.74, 6) is -0.985. The number of thioether (sulfide) groups is 1. The quantitative estimate of drug-likeness (QED) is 0.589. The molecule has 0 aliphatic carbocycles. The maximum atomic E-state index is 12.3. The molecule has 21 heavy (non-hydrogen) atoms. The number of benzene rings is 1. The first-order chi connectivity index (χ1) is 9.71. The molecular weight excluding hydrogens is 320 g/mol. The van der Waals surface area contributed by atoms with Crippen molar-refractivity contribution in [3.63, 3.8) is 0 Å². The average Bonchev–Trinajstić information content (AvgIpc) is 2.43. The molecule has 116 valence electrons. The number of rotatable bonds is 7. The molecule has 1 N–H and O–H groups in total. The molecule has 0 amide bonds. The molecule has 1 rings (SSSR count). The van der Waals surface area contributed by atoms with Gasteiger partial charge in [0, 0.05) is 31.5 Å². The topological polar surface area (TPSA) is 118 Å². The van der Waals surface area contributed by atoms with Gasteiger partial charge in [0.25, 0.3) is 5.69 Å². The van der Waals surface area contributed by atoms with E-state index in [0.29, 0.717) is 5.75 Å². The van der Waals surface area contributed by atoms with Crippen molar-refractivity contribution in [3.05, 3.63) is 33.9 Å². The van der Waals surface area contributed by atoms with Crippen molar-refractivity contribution >= 4 is 33.4 Å². The number of hydrogen-bond donors (Lipinski definition) is 1. The van der Waals surface area contributed by atoms with Crippen molar-refractivity contribution in [2.75, 3.05) is 25.6 Å². The van der Waals surface area contributed by atoms with Crippen molar-refractivity contribution in [3.8, 4) is 0 Å². The number of nitro benzene ring substituents is 1. The Bertz CT molecular complexity index is 659. The van der Waals surface area contributed by atoms with Gasteiger partial charge in [-0.2, -0.15) is 11.8 Å². The van der Waals surface area contributed by atoms with Gasteiger partial charge < -0.3 is 5.11 Å². The zero-order chi connectivity index (χ0) is 16.2. The highest BCUT2D eigenvalue weighted by molar-refractivity contribution is 7.98. The lowest BCUT2D eigenvalue weighted by Gasteiger charge is -2.17. The van der Waals surface area contributed by atoms with E-state index in [-0.39, 0.29) is 6.54 Å². The minimum absolute atomic E-state index is 0.208. The van der Waals surface area contributed by atoms with Crippen molar-refractivity contribution < 1.29 is 23.2 Å². The van der Waals surface area contributed by atoms with Gasteiger partial charge in [0.15, 0.2) is 0 Å². The SMILES string of the molecule is CSCCN(C)S(=O)(=O)c1ccc([N+](=O)[O-])cc1C(=O)O. The van der Waals surface area contributed by atoms with Gasteiger partial charge in [-0.1, -0.05) is 0 Å². The first kappa shape index (κ1) is 17.4. The van der Waals surface area contributed by atoms with E-state index < -0.39 is 37.1 Å². The highest BCUT2D eigenvalue weighted by Crippen LogP contribution is 2.24. The maximum Gasteiger partial charge on any atom is 0.337 e. The van der Waals surface area contributed by atoms with Crippen LogP contribution < -0.4 is 0 Å². The van der Waals surface area contributed by atoms with Crippen LogP contribution in [0.2, 0.25) is 0 Å². The van der Waals surface area contributed by atoms with Crippen molar-refractivity contribution in [2.24, 2.45) is 0 Å². The lowest BCUT2D eigenvalue weighted by Crippen LogP contribution is -2.30. The maximum absolute atomic E-state index is 12.3. The molecule has 1 aromatic rings. The Morgan fingerprint density at radius 3 is 2.57 bits per heavy atom. The molecule has 0 aliphatic heterocycles. The van der Waals surface area contributed by atoms with Crippen molar-refractivity contribution in [2.45, 2.75) is 4.90 Å². The van der Waals surface area contributed by atoms with Gasteiger partial charge in [-0.15, -0.1) is 0 Å². The normalized spacial score (nSPS) is 11.6. The molecule has 0 unspecified atom stereocenters. The monoisotopic (exact) mass is 334 g/mol. The zero-order valence-electron chi connectivity index (χ0n) is 11.3. The molecule has 1 aromatic carbocycles. The molecule has 0 aromatic heterocycles. The highest BCUT2D eigenvalue weighted by Gasteiger charge is 2.28. The van der Waals surface area contributed by atoms with Crippen molar-refractivity contribution in [1.82, 2.24) is 4.31 Å². The van der Waals surface area contributed by atoms with Crippen LogP contribution in [-0.2, 0) is 10.0 Å². The molecule has 0 atom stereocenters. The second-order valence-electron chi connectivity index (χ2n) is 4.06. The molecule has 0 spiro atoms. The van der Waals surface area contributed by atoms with Crippen LogP contribution in [0, 0.1) is 10.1 Å². The van der Waals surface area contributed by atoms with Crippen LogP contribution in [0.4, 0.5) is 5.69 Å². The Kier molecular flexibility index (Phi) is 5.70. The minimum atomic E-state index is -4.01. The lowest BCUT2D eigenvalue weighted by molar-refractivity contribution is -0.384. The third-order valence-electron chi connectivity index (χ3n) is 2.70. The zero-order valence-corrected chi connectivity index (χ0v) is 13.0. The number of aromatic carboxylic acids is 1. The van der Waals surface area contributed by atoms with Crippen LogP contribution in [-0.4, -0.2) is 54.3 Å². The second-order valence-corrected chi connectivity index (χ2v) is 7.06. The molecule has 0 saturated carbocycles. The molecule has 10 heteroatoms. The Hall–Kier alpha value is -1.65. The summed E-state index contributed by atoms with van der Waals surface area (Å²) < 4.78 is 25.7. The molecule has 0 bridgehead atoms. The van der Waals surface area contributed by atoms with E-state index in [1.807, 2.05) is 6.26 Å². The number of carbonyl (C=O) groups is 1. The van der Waals surface area contributed by atoms with Crippen LogP contribution in [0.25, 0.3) is 0 Å². The van der Waals surface area contributed by atoms with E-state index >= 15 is 0 Å². The van der Waals surface area contributed by atoms with Gasteiger partial charge in [0.05, 0.1) is 15.4 Å².